The van der Waals surface area contributed by atoms with Crippen LogP contribution in [0.2, 0.25) is 0 Å². The number of rotatable bonds is 2. The minimum absolute atomic E-state index is 0. The Morgan fingerprint density at radius 2 is 1.63 bits per heavy atom. The molecule has 122 valence electrons. The molecule has 2 rings (SSSR count). The molecule has 1 aliphatic heterocycles. The number of nitrogens with zero attached hydrogens (tertiary/aromatic N) is 1. The zero-order valence-electron chi connectivity index (χ0n) is 9.24. The third-order valence-electron chi connectivity index (χ3n) is 1.97. The summed E-state index contributed by atoms with van der Waals surface area (Å²) >= 11 is 11.0. The first-order chi connectivity index (χ1) is 8.92. The first kappa shape index (κ1) is 25.3. The van der Waals surface area contributed by atoms with Crippen molar-refractivity contribution in [3.63, 3.8) is 0 Å². The molecule has 0 saturated carbocycles. The van der Waals surface area contributed by atoms with E-state index < -0.39 is 0 Å². The van der Waals surface area contributed by atoms with Crippen LogP contribution in [0.3, 0.4) is 0 Å². The van der Waals surface area contributed by atoms with Crippen molar-refractivity contribution in [1.82, 2.24) is 0 Å². The molecule has 0 radical (unpaired) electrons. The van der Waals surface area contributed by atoms with Crippen LogP contribution in [0.15, 0.2) is 41.9 Å². The summed E-state index contributed by atoms with van der Waals surface area (Å²) in [4.78, 5) is 5.55. The van der Waals surface area contributed by atoms with Gasteiger partial charge in [0.1, 0.15) is 12.2 Å². The summed E-state index contributed by atoms with van der Waals surface area (Å²) in [5, 5.41) is 0. The van der Waals surface area contributed by atoms with Gasteiger partial charge < -0.3 is 12.4 Å². The summed E-state index contributed by atoms with van der Waals surface area (Å²) in [6.07, 6.45) is 3.83. The van der Waals surface area contributed by atoms with E-state index in [1.54, 1.807) is 0 Å². The van der Waals surface area contributed by atoms with Crippen molar-refractivity contribution in [1.29, 1.82) is 0 Å². The van der Waals surface area contributed by atoms with Crippen molar-refractivity contribution in [3.8, 4) is 0 Å². The molecular formula is C10H11Cl4Cu3N2. The fourth-order valence-corrected chi connectivity index (χ4v) is 1.39. The number of hydrogen-bond acceptors (Lipinski definition) is 1. The second kappa shape index (κ2) is 19.3. The van der Waals surface area contributed by atoms with Gasteiger partial charge in [-0.1, -0.05) is 18.7 Å². The molecule has 1 aromatic rings. The SMILES string of the molecule is C=CC[NH+]1C=Nc2ccccc21.[Cl-].[Cl][Cu].[Cl][Cu].[Cl][Cu]. The van der Waals surface area contributed by atoms with Crippen molar-refractivity contribution in [2.24, 2.45) is 4.99 Å². The second-order valence-electron chi connectivity index (χ2n) is 2.79. The van der Waals surface area contributed by atoms with Crippen molar-refractivity contribution in [2.45, 2.75) is 0 Å². The molecule has 9 heteroatoms. The van der Waals surface area contributed by atoms with Crippen molar-refractivity contribution < 1.29 is 62.6 Å². The van der Waals surface area contributed by atoms with E-state index in [0.717, 1.165) is 12.2 Å². The van der Waals surface area contributed by atoms with Gasteiger partial charge in [0, 0.05) is 6.07 Å². The molecule has 0 amide bonds. The van der Waals surface area contributed by atoms with Crippen LogP contribution in [-0.2, 0) is 45.3 Å². The van der Waals surface area contributed by atoms with Gasteiger partial charge in [0.25, 0.3) is 0 Å². The first-order valence-corrected chi connectivity index (χ1v) is 8.25. The summed E-state index contributed by atoms with van der Waals surface area (Å²) in [7, 11) is 12.6. The van der Waals surface area contributed by atoms with E-state index in [1.807, 2.05) is 30.6 Å². The van der Waals surface area contributed by atoms with E-state index in [2.05, 4.69) is 93.2 Å². The van der Waals surface area contributed by atoms with Gasteiger partial charge >= 0.3 is 75.6 Å². The Morgan fingerprint density at radius 1 is 1.11 bits per heavy atom. The Kier molecular flexibility index (Phi) is 25.7. The third kappa shape index (κ3) is 9.79. The maximum absolute atomic E-state index is 4.29. The Hall–Kier alpha value is 1.31. The van der Waals surface area contributed by atoms with Gasteiger partial charge in [-0.2, -0.15) is 4.99 Å². The topological polar surface area (TPSA) is 16.8 Å². The van der Waals surface area contributed by atoms with Crippen LogP contribution >= 0.6 is 30.3 Å². The Morgan fingerprint density at radius 3 is 2.16 bits per heavy atom. The Labute approximate surface area is 157 Å². The van der Waals surface area contributed by atoms with Gasteiger partial charge in [0.05, 0.1) is 0 Å². The fourth-order valence-electron chi connectivity index (χ4n) is 1.39. The molecule has 1 heterocycles. The normalized spacial score (nSPS) is 13.2. The van der Waals surface area contributed by atoms with E-state index in [0.29, 0.717) is 0 Å². The van der Waals surface area contributed by atoms with Crippen LogP contribution in [0.25, 0.3) is 0 Å². The molecule has 0 saturated heterocycles. The average Bonchev–Trinajstić information content (AvgIpc) is 2.89. The number of fused-ring (bicyclic) bond motifs is 1. The first-order valence-electron chi connectivity index (χ1n) is 4.36. The molecule has 0 bridgehead atoms. The molecule has 1 atom stereocenters. The van der Waals surface area contributed by atoms with Crippen LogP contribution < -0.4 is 17.3 Å². The fraction of sp³-hybridized carbons (Fsp3) is 0.100. The van der Waals surface area contributed by atoms with Crippen LogP contribution in [0.4, 0.5) is 11.4 Å². The van der Waals surface area contributed by atoms with E-state index in [1.165, 1.54) is 10.6 Å². The summed E-state index contributed by atoms with van der Waals surface area (Å²) in [5.74, 6) is 0. The van der Waals surface area contributed by atoms with Gasteiger partial charge in [-0.25, -0.2) is 0 Å². The van der Waals surface area contributed by atoms with E-state index in [-0.39, 0.29) is 12.4 Å². The zero-order valence-corrected chi connectivity index (χ0v) is 15.1. The Bertz CT molecular complexity index is 353. The van der Waals surface area contributed by atoms with Crippen molar-refractivity contribution >= 4 is 48.0 Å². The quantitative estimate of drug-likeness (QED) is 0.448. The predicted octanol–water partition coefficient (Wildman–Crippen LogP) is 0.127. The van der Waals surface area contributed by atoms with Gasteiger partial charge in [0.15, 0.2) is 12.0 Å². The zero-order chi connectivity index (χ0) is 14.4. The number of hydrogen-bond donors (Lipinski definition) is 1. The van der Waals surface area contributed by atoms with Crippen LogP contribution in [0, 0.1) is 0 Å². The van der Waals surface area contributed by atoms with Gasteiger partial charge in [-0.15, -0.1) is 0 Å². The van der Waals surface area contributed by atoms with E-state index in [4.69, 9.17) is 0 Å². The summed E-state index contributed by atoms with van der Waals surface area (Å²) in [6.45, 7) is 4.62. The Balaban J connectivity index is -0.000000325. The molecule has 0 fully saturated rings. The van der Waals surface area contributed by atoms with Gasteiger partial charge in [-0.05, 0) is 12.1 Å². The number of benzene rings is 1. The average molecular weight is 492 g/mol. The van der Waals surface area contributed by atoms with Crippen molar-refractivity contribution in [3.05, 3.63) is 36.9 Å². The molecule has 1 aliphatic rings. The summed E-state index contributed by atoms with van der Waals surface area (Å²) < 4.78 is 0. The predicted molar refractivity (Wildman–Crippen MR) is 67.8 cm³/mol. The standard InChI is InChI=1S/C10H10N2.4ClH.3Cu/c1-2-7-12-8-11-9-5-3-4-6-10(9)12;;;;;;;/h2-6,8H,1,7H2;4*1H;;;/q;;;;;3*+1/p-3. The van der Waals surface area contributed by atoms with E-state index >= 15 is 0 Å². The summed E-state index contributed by atoms with van der Waals surface area (Å²) in [6, 6.07) is 8.17. The van der Waals surface area contributed by atoms with Gasteiger partial charge in [0.2, 0.25) is 0 Å². The molecule has 19 heavy (non-hydrogen) atoms. The number of aliphatic imine (C=N–C) groups is 1. The van der Waals surface area contributed by atoms with Gasteiger partial charge in [-0.3, -0.25) is 4.90 Å². The number of para-hydroxylation sites is 2. The molecule has 1 N–H and O–H groups in total. The number of quaternary nitrogens is 1. The minimum atomic E-state index is 0. The van der Waals surface area contributed by atoms with Crippen LogP contribution in [-0.4, -0.2) is 12.9 Å². The third-order valence-corrected chi connectivity index (χ3v) is 1.97. The molecule has 2 nitrogen and oxygen atoms in total. The molecule has 1 aromatic carbocycles. The molecule has 0 aliphatic carbocycles. The second-order valence-corrected chi connectivity index (χ2v) is 2.79. The number of halogens is 4. The van der Waals surface area contributed by atoms with E-state index in [9.17, 15) is 0 Å². The monoisotopic (exact) mass is 488 g/mol. The summed E-state index contributed by atoms with van der Waals surface area (Å²) in [5.41, 5.74) is 2.33. The molecular weight excluding hydrogens is 481 g/mol. The van der Waals surface area contributed by atoms with Crippen molar-refractivity contribution in [2.75, 3.05) is 6.54 Å². The maximum atomic E-state index is 4.29. The van der Waals surface area contributed by atoms with Crippen LogP contribution in [0.1, 0.15) is 0 Å². The number of nitrogens with one attached hydrogen (secondary N) is 1. The molecule has 1 unspecified atom stereocenters. The molecule has 0 aromatic heterocycles. The molecule has 0 spiro atoms. The van der Waals surface area contributed by atoms with Crippen LogP contribution in [0.5, 0.6) is 0 Å².